The molecule has 2 N–H and O–H groups in total. The van der Waals surface area contributed by atoms with Crippen LogP contribution in [0.4, 0.5) is 5.69 Å². The third-order valence-electron chi connectivity index (χ3n) is 3.55. The maximum Gasteiger partial charge on any atom is 0.279 e. The van der Waals surface area contributed by atoms with E-state index in [0.29, 0.717) is 13.1 Å². The highest BCUT2D eigenvalue weighted by Gasteiger charge is 2.12. The minimum Gasteiger partial charge on any atom is -0.463 e. The molecule has 2 aromatic carbocycles. The van der Waals surface area contributed by atoms with E-state index in [4.69, 9.17) is 4.42 Å². The van der Waals surface area contributed by atoms with Crippen molar-refractivity contribution in [2.45, 2.75) is 6.54 Å². The number of nitrogens with one attached hydrogen (secondary N) is 2. The molecule has 3 rings (SSSR count). The minimum absolute atomic E-state index is 0.000614. The van der Waals surface area contributed by atoms with Crippen LogP contribution in [0, 0.1) is 0 Å². The Morgan fingerprint density at radius 1 is 1.09 bits per heavy atom. The fourth-order valence-corrected chi connectivity index (χ4v) is 2.52. The molecule has 22 heavy (non-hydrogen) atoms. The zero-order valence-corrected chi connectivity index (χ0v) is 12.5. The Kier molecular flexibility index (Phi) is 4.21. The van der Waals surface area contributed by atoms with Gasteiger partial charge in [0.15, 0.2) is 12.3 Å². The first-order valence-corrected chi connectivity index (χ1v) is 7.33. The van der Waals surface area contributed by atoms with Crippen molar-refractivity contribution in [3.8, 4) is 0 Å². The second-order valence-electron chi connectivity index (χ2n) is 5.50. The van der Waals surface area contributed by atoms with Gasteiger partial charge in [-0.05, 0) is 35.0 Å². The molecule has 4 heteroatoms. The van der Waals surface area contributed by atoms with Gasteiger partial charge >= 0.3 is 0 Å². The van der Waals surface area contributed by atoms with Crippen molar-refractivity contribution in [3.05, 3.63) is 66.6 Å². The molecule has 0 aliphatic carbocycles. The molecule has 4 nitrogen and oxygen atoms in total. The van der Waals surface area contributed by atoms with Crippen LogP contribution in [-0.2, 0) is 11.3 Å². The monoisotopic (exact) mass is 295 g/mol. The van der Waals surface area contributed by atoms with Crippen molar-refractivity contribution < 1.29 is 14.1 Å². The lowest BCUT2D eigenvalue weighted by Gasteiger charge is -2.12. The van der Waals surface area contributed by atoms with Crippen molar-refractivity contribution in [1.82, 2.24) is 0 Å². The number of rotatable bonds is 5. The highest BCUT2D eigenvalue weighted by molar-refractivity contribution is 5.94. The fraction of sp³-hybridized carbons (Fsp3) is 0.167. The van der Waals surface area contributed by atoms with E-state index in [1.807, 2.05) is 55.6 Å². The number of anilines is 1. The van der Waals surface area contributed by atoms with E-state index in [2.05, 4.69) is 11.4 Å². The van der Waals surface area contributed by atoms with Gasteiger partial charge in [-0.1, -0.05) is 30.3 Å². The van der Waals surface area contributed by atoms with Crippen molar-refractivity contribution in [1.29, 1.82) is 0 Å². The molecule has 0 bridgehead atoms. The van der Waals surface area contributed by atoms with Crippen LogP contribution in [0.1, 0.15) is 5.76 Å². The summed E-state index contributed by atoms with van der Waals surface area (Å²) in [4.78, 5) is 13.2. The topological polar surface area (TPSA) is 46.7 Å². The molecule has 1 atom stereocenters. The van der Waals surface area contributed by atoms with Gasteiger partial charge in [-0.25, -0.2) is 0 Å². The van der Waals surface area contributed by atoms with E-state index >= 15 is 0 Å². The molecule has 0 radical (unpaired) electrons. The molecule has 0 aliphatic heterocycles. The summed E-state index contributed by atoms with van der Waals surface area (Å²) in [6.45, 7) is 1.09. The Bertz CT molecular complexity index is 766. The first-order chi connectivity index (χ1) is 10.7. The second-order valence-corrected chi connectivity index (χ2v) is 5.50. The van der Waals surface area contributed by atoms with Gasteiger partial charge in [-0.15, -0.1) is 0 Å². The molecule has 0 saturated carbocycles. The van der Waals surface area contributed by atoms with Gasteiger partial charge in [-0.2, -0.15) is 0 Å². The highest BCUT2D eigenvalue weighted by atomic mass is 16.3. The number of hydrogen-bond donors (Lipinski definition) is 2. The number of benzene rings is 2. The standard InChI is InChI=1S/C18H18N2O2/c1-20(12-17-7-4-10-22-17)13-18(21)19-16-9-8-14-5-2-3-6-15(14)11-16/h2-11H,12-13H2,1H3,(H,19,21)/p+1. The molecule has 1 amide bonds. The number of carbonyl (C=O) groups excluding carboxylic acids is 1. The number of fused-ring (bicyclic) bond motifs is 1. The zero-order valence-electron chi connectivity index (χ0n) is 12.5. The average molecular weight is 295 g/mol. The van der Waals surface area contributed by atoms with Crippen molar-refractivity contribution in [2.24, 2.45) is 0 Å². The normalized spacial score (nSPS) is 12.2. The van der Waals surface area contributed by atoms with Gasteiger partial charge in [0.1, 0.15) is 6.54 Å². The molecule has 1 unspecified atom stereocenters. The van der Waals surface area contributed by atoms with Crippen LogP contribution in [-0.4, -0.2) is 19.5 Å². The van der Waals surface area contributed by atoms with Crippen LogP contribution in [0.3, 0.4) is 0 Å². The van der Waals surface area contributed by atoms with Gasteiger partial charge < -0.3 is 14.6 Å². The zero-order chi connectivity index (χ0) is 15.4. The van der Waals surface area contributed by atoms with Gasteiger partial charge in [-0.3, -0.25) is 4.79 Å². The van der Waals surface area contributed by atoms with E-state index in [-0.39, 0.29) is 5.91 Å². The quantitative estimate of drug-likeness (QED) is 0.757. The lowest BCUT2D eigenvalue weighted by atomic mass is 10.1. The Balaban J connectivity index is 1.60. The number of amides is 1. The van der Waals surface area contributed by atoms with Gasteiger partial charge in [0.05, 0.1) is 13.3 Å². The average Bonchev–Trinajstić information content (AvgIpc) is 2.99. The summed E-state index contributed by atoms with van der Waals surface area (Å²) in [7, 11) is 1.97. The molecular weight excluding hydrogens is 276 g/mol. The largest absolute Gasteiger partial charge is 0.463 e. The third-order valence-corrected chi connectivity index (χ3v) is 3.55. The molecule has 0 aliphatic rings. The fourth-order valence-electron chi connectivity index (χ4n) is 2.52. The van der Waals surface area contributed by atoms with Gasteiger partial charge in [0.25, 0.3) is 5.91 Å². The predicted octanol–water partition coefficient (Wildman–Crippen LogP) is 2.09. The van der Waals surface area contributed by atoms with Crippen molar-refractivity contribution >= 4 is 22.4 Å². The first kappa shape index (κ1) is 14.4. The van der Waals surface area contributed by atoms with Crippen LogP contribution < -0.4 is 10.2 Å². The van der Waals surface area contributed by atoms with Crippen LogP contribution in [0.5, 0.6) is 0 Å². The van der Waals surface area contributed by atoms with Crippen LogP contribution >= 0.6 is 0 Å². The number of hydrogen-bond acceptors (Lipinski definition) is 2. The van der Waals surface area contributed by atoms with Crippen LogP contribution in [0.25, 0.3) is 10.8 Å². The molecule has 0 spiro atoms. The minimum atomic E-state index is -0.000614. The predicted molar refractivity (Wildman–Crippen MR) is 86.7 cm³/mol. The molecule has 0 saturated heterocycles. The lowest BCUT2D eigenvalue weighted by molar-refractivity contribution is -0.886. The van der Waals surface area contributed by atoms with E-state index < -0.39 is 0 Å². The van der Waals surface area contributed by atoms with Crippen molar-refractivity contribution in [2.75, 3.05) is 18.9 Å². The Labute approximate surface area is 129 Å². The van der Waals surface area contributed by atoms with Crippen molar-refractivity contribution in [3.63, 3.8) is 0 Å². The summed E-state index contributed by atoms with van der Waals surface area (Å²) in [6, 6.07) is 17.8. The Morgan fingerprint density at radius 2 is 1.91 bits per heavy atom. The van der Waals surface area contributed by atoms with E-state index in [1.165, 1.54) is 5.39 Å². The maximum atomic E-state index is 12.1. The number of carbonyl (C=O) groups is 1. The Morgan fingerprint density at radius 3 is 2.68 bits per heavy atom. The van der Waals surface area contributed by atoms with E-state index in [0.717, 1.165) is 21.7 Å². The summed E-state index contributed by atoms with van der Waals surface area (Å²) in [5, 5.41) is 5.24. The summed E-state index contributed by atoms with van der Waals surface area (Å²) in [6.07, 6.45) is 1.65. The second kappa shape index (κ2) is 6.45. The number of quaternary nitrogens is 1. The Hall–Kier alpha value is -2.59. The number of likely N-dealkylation sites (N-methyl/N-ethyl adjacent to an activating group) is 1. The van der Waals surface area contributed by atoms with Gasteiger partial charge in [0, 0.05) is 5.69 Å². The van der Waals surface area contributed by atoms with E-state index in [1.54, 1.807) is 6.26 Å². The summed E-state index contributed by atoms with van der Waals surface area (Å²) < 4.78 is 5.30. The molecule has 1 heterocycles. The molecule has 112 valence electrons. The van der Waals surface area contributed by atoms with Gasteiger partial charge in [0.2, 0.25) is 0 Å². The highest BCUT2D eigenvalue weighted by Crippen LogP contribution is 2.18. The summed E-state index contributed by atoms with van der Waals surface area (Å²) in [5.74, 6) is 0.885. The SMILES string of the molecule is C[NH+](CC(=O)Nc1ccc2ccccc2c1)Cc1ccco1. The third kappa shape index (κ3) is 3.54. The first-order valence-electron chi connectivity index (χ1n) is 7.33. The molecule has 1 aromatic heterocycles. The molecule has 0 fully saturated rings. The lowest BCUT2D eigenvalue weighted by Crippen LogP contribution is -3.08. The van der Waals surface area contributed by atoms with Crippen LogP contribution in [0.2, 0.25) is 0 Å². The maximum absolute atomic E-state index is 12.1. The molecular formula is C18H19N2O2+. The summed E-state index contributed by atoms with van der Waals surface area (Å²) in [5.41, 5.74) is 0.828. The van der Waals surface area contributed by atoms with E-state index in [9.17, 15) is 4.79 Å². The number of furan rings is 1. The van der Waals surface area contributed by atoms with Crippen LogP contribution in [0.15, 0.2) is 65.3 Å². The smallest absolute Gasteiger partial charge is 0.279 e. The molecule has 3 aromatic rings. The summed E-state index contributed by atoms with van der Waals surface area (Å²) >= 11 is 0.